The fraction of sp³-hybridized carbons (Fsp3) is 0.400. The molecule has 5 heteroatoms. The standard InChI is InChI=1S/C15H19ClN2OS/c1-10(17)8-12-4-3-5-13(16)15(12)19-7-6-14-11(2)18-9-20-14/h3-5,9-10H,6-8,17H2,1-2H3. The van der Waals surface area contributed by atoms with Crippen molar-refractivity contribution in [1.82, 2.24) is 4.98 Å². The molecule has 0 saturated heterocycles. The van der Waals surface area contributed by atoms with Crippen molar-refractivity contribution in [2.75, 3.05) is 6.61 Å². The maximum atomic E-state index is 6.23. The highest BCUT2D eigenvalue weighted by Crippen LogP contribution is 2.29. The van der Waals surface area contributed by atoms with Crippen LogP contribution in [-0.2, 0) is 12.8 Å². The van der Waals surface area contributed by atoms with Gasteiger partial charge in [-0.05, 0) is 31.9 Å². The number of nitrogens with zero attached hydrogens (tertiary/aromatic N) is 1. The number of aromatic nitrogens is 1. The maximum absolute atomic E-state index is 6.23. The van der Waals surface area contributed by atoms with Gasteiger partial charge in [0.1, 0.15) is 5.75 Å². The van der Waals surface area contributed by atoms with Crippen LogP contribution in [0, 0.1) is 6.92 Å². The molecule has 0 amide bonds. The summed E-state index contributed by atoms with van der Waals surface area (Å²) in [7, 11) is 0. The van der Waals surface area contributed by atoms with E-state index in [0.717, 1.165) is 29.8 Å². The summed E-state index contributed by atoms with van der Waals surface area (Å²) in [6, 6.07) is 5.88. The Morgan fingerprint density at radius 2 is 2.25 bits per heavy atom. The van der Waals surface area contributed by atoms with Crippen LogP contribution in [0.5, 0.6) is 5.75 Å². The van der Waals surface area contributed by atoms with E-state index in [1.54, 1.807) is 11.3 Å². The molecular formula is C15H19ClN2OS. The number of thiazole rings is 1. The largest absolute Gasteiger partial charge is 0.491 e. The second-order valence-corrected chi connectivity index (χ2v) is 6.22. The number of benzene rings is 1. The first-order chi connectivity index (χ1) is 9.58. The number of halogens is 1. The van der Waals surface area contributed by atoms with E-state index in [1.807, 2.05) is 37.6 Å². The highest BCUT2D eigenvalue weighted by molar-refractivity contribution is 7.09. The Bertz CT molecular complexity index is 569. The Labute approximate surface area is 128 Å². The summed E-state index contributed by atoms with van der Waals surface area (Å²) >= 11 is 7.89. The van der Waals surface area contributed by atoms with Crippen LogP contribution >= 0.6 is 22.9 Å². The highest BCUT2D eigenvalue weighted by Gasteiger charge is 2.11. The first kappa shape index (κ1) is 15.3. The van der Waals surface area contributed by atoms with Gasteiger partial charge in [-0.1, -0.05) is 23.7 Å². The normalized spacial score (nSPS) is 12.4. The third-order valence-corrected chi connectivity index (χ3v) is 4.30. The molecule has 2 rings (SSSR count). The minimum absolute atomic E-state index is 0.0829. The molecule has 0 bridgehead atoms. The molecule has 0 aliphatic rings. The summed E-state index contributed by atoms with van der Waals surface area (Å²) in [5.41, 5.74) is 9.87. The van der Waals surface area contributed by atoms with Crippen LogP contribution in [0.4, 0.5) is 0 Å². The molecule has 0 saturated carbocycles. The molecule has 1 atom stereocenters. The summed E-state index contributed by atoms with van der Waals surface area (Å²) in [4.78, 5) is 5.49. The Hall–Kier alpha value is -1.10. The van der Waals surface area contributed by atoms with E-state index < -0.39 is 0 Å². The molecule has 1 aromatic carbocycles. The predicted molar refractivity (Wildman–Crippen MR) is 84.9 cm³/mol. The van der Waals surface area contributed by atoms with Gasteiger partial charge in [-0.25, -0.2) is 4.98 Å². The third-order valence-electron chi connectivity index (χ3n) is 3.01. The number of hydrogen-bond acceptors (Lipinski definition) is 4. The fourth-order valence-corrected chi connectivity index (χ4v) is 3.05. The van der Waals surface area contributed by atoms with Gasteiger partial charge in [0.05, 0.1) is 22.8 Å². The smallest absolute Gasteiger partial charge is 0.141 e. The second-order valence-electron chi connectivity index (χ2n) is 4.87. The van der Waals surface area contributed by atoms with Crippen molar-refractivity contribution in [3.05, 3.63) is 44.9 Å². The van der Waals surface area contributed by atoms with E-state index in [9.17, 15) is 0 Å². The van der Waals surface area contributed by atoms with E-state index in [2.05, 4.69) is 4.98 Å². The zero-order valence-electron chi connectivity index (χ0n) is 11.7. The van der Waals surface area contributed by atoms with Gasteiger partial charge in [-0.15, -0.1) is 11.3 Å². The Morgan fingerprint density at radius 1 is 1.45 bits per heavy atom. The first-order valence-electron chi connectivity index (χ1n) is 6.62. The monoisotopic (exact) mass is 310 g/mol. The van der Waals surface area contributed by atoms with Crippen molar-refractivity contribution in [3.63, 3.8) is 0 Å². The molecule has 0 aliphatic carbocycles. The Morgan fingerprint density at radius 3 is 2.90 bits per heavy atom. The fourth-order valence-electron chi connectivity index (χ4n) is 2.03. The van der Waals surface area contributed by atoms with Crippen molar-refractivity contribution >= 4 is 22.9 Å². The summed E-state index contributed by atoms with van der Waals surface area (Å²) in [5, 5.41) is 0.643. The number of aryl methyl sites for hydroxylation is 1. The zero-order chi connectivity index (χ0) is 14.5. The van der Waals surface area contributed by atoms with Crippen LogP contribution in [-0.4, -0.2) is 17.6 Å². The van der Waals surface area contributed by atoms with Gasteiger partial charge in [0.25, 0.3) is 0 Å². The molecular weight excluding hydrogens is 292 g/mol. The molecule has 0 spiro atoms. The molecule has 3 nitrogen and oxygen atoms in total. The minimum atomic E-state index is 0.0829. The predicted octanol–water partition coefficient (Wildman–Crippen LogP) is 3.62. The van der Waals surface area contributed by atoms with Crippen LogP contribution in [0.25, 0.3) is 0 Å². The Kier molecular flexibility index (Phi) is 5.40. The van der Waals surface area contributed by atoms with Crippen molar-refractivity contribution in [3.8, 4) is 5.75 Å². The van der Waals surface area contributed by atoms with Crippen LogP contribution in [0.3, 0.4) is 0 Å². The lowest BCUT2D eigenvalue weighted by atomic mass is 10.1. The van der Waals surface area contributed by atoms with Gasteiger partial charge < -0.3 is 10.5 Å². The van der Waals surface area contributed by atoms with E-state index >= 15 is 0 Å². The number of rotatable bonds is 6. The quantitative estimate of drug-likeness (QED) is 0.886. The van der Waals surface area contributed by atoms with Crippen LogP contribution in [0.15, 0.2) is 23.7 Å². The van der Waals surface area contributed by atoms with Crippen molar-refractivity contribution in [2.24, 2.45) is 5.73 Å². The summed E-state index contributed by atoms with van der Waals surface area (Å²) in [6.07, 6.45) is 1.61. The van der Waals surface area contributed by atoms with Crippen LogP contribution in [0.2, 0.25) is 5.02 Å². The molecule has 0 aliphatic heterocycles. The second kappa shape index (κ2) is 7.07. The number of para-hydroxylation sites is 1. The molecule has 20 heavy (non-hydrogen) atoms. The lowest BCUT2D eigenvalue weighted by Crippen LogP contribution is -2.18. The summed E-state index contributed by atoms with van der Waals surface area (Å²) in [5.74, 6) is 0.758. The molecule has 1 aromatic heterocycles. The SMILES string of the molecule is Cc1ncsc1CCOc1c(Cl)cccc1CC(C)N. The first-order valence-corrected chi connectivity index (χ1v) is 7.88. The minimum Gasteiger partial charge on any atom is -0.491 e. The van der Waals surface area contributed by atoms with Gasteiger partial charge in [0, 0.05) is 17.3 Å². The average Bonchev–Trinajstić information content (AvgIpc) is 2.78. The van der Waals surface area contributed by atoms with Crippen molar-refractivity contribution in [2.45, 2.75) is 32.7 Å². The number of nitrogens with two attached hydrogens (primary N) is 1. The maximum Gasteiger partial charge on any atom is 0.141 e. The van der Waals surface area contributed by atoms with Gasteiger partial charge >= 0.3 is 0 Å². The molecule has 0 fully saturated rings. The zero-order valence-corrected chi connectivity index (χ0v) is 13.3. The highest BCUT2D eigenvalue weighted by atomic mass is 35.5. The number of ether oxygens (including phenoxy) is 1. The number of hydrogen-bond donors (Lipinski definition) is 1. The van der Waals surface area contributed by atoms with Gasteiger partial charge in [-0.2, -0.15) is 0 Å². The van der Waals surface area contributed by atoms with E-state index in [4.69, 9.17) is 22.1 Å². The van der Waals surface area contributed by atoms with Crippen LogP contribution in [0.1, 0.15) is 23.1 Å². The summed E-state index contributed by atoms with van der Waals surface area (Å²) < 4.78 is 5.89. The van der Waals surface area contributed by atoms with Crippen molar-refractivity contribution in [1.29, 1.82) is 0 Å². The lowest BCUT2D eigenvalue weighted by Gasteiger charge is -2.14. The molecule has 2 N–H and O–H groups in total. The van der Waals surface area contributed by atoms with Gasteiger partial charge in [-0.3, -0.25) is 0 Å². The lowest BCUT2D eigenvalue weighted by molar-refractivity contribution is 0.319. The molecule has 1 unspecified atom stereocenters. The van der Waals surface area contributed by atoms with Gasteiger partial charge in [0.2, 0.25) is 0 Å². The third kappa shape index (κ3) is 3.95. The van der Waals surface area contributed by atoms with Crippen molar-refractivity contribution < 1.29 is 4.74 Å². The van der Waals surface area contributed by atoms with E-state index in [1.165, 1.54) is 4.88 Å². The molecule has 2 aromatic rings. The van der Waals surface area contributed by atoms with E-state index in [-0.39, 0.29) is 6.04 Å². The molecule has 108 valence electrons. The molecule has 0 radical (unpaired) electrons. The summed E-state index contributed by atoms with van der Waals surface area (Å²) in [6.45, 7) is 4.59. The topological polar surface area (TPSA) is 48.1 Å². The Balaban J connectivity index is 2.03. The molecule has 1 heterocycles. The van der Waals surface area contributed by atoms with Gasteiger partial charge in [0.15, 0.2) is 0 Å². The average molecular weight is 311 g/mol. The van der Waals surface area contributed by atoms with E-state index in [0.29, 0.717) is 11.6 Å². The van der Waals surface area contributed by atoms with Crippen LogP contribution < -0.4 is 10.5 Å².